The number of likely N-dealkylation sites (tertiary alicyclic amines) is 1. The number of nitrogens with zero attached hydrogens (tertiary/aromatic N) is 5. The lowest BCUT2D eigenvalue weighted by Gasteiger charge is -2.38. The third-order valence-corrected chi connectivity index (χ3v) is 7.66. The lowest BCUT2D eigenvalue weighted by Crippen LogP contribution is -2.47. The lowest BCUT2D eigenvalue weighted by atomic mass is 9.85. The average molecular weight is 544 g/mol. The van der Waals surface area contributed by atoms with Crippen LogP contribution in [0, 0.1) is 23.4 Å². The van der Waals surface area contributed by atoms with Crippen molar-refractivity contribution in [2.45, 2.75) is 51.2 Å². The van der Waals surface area contributed by atoms with E-state index in [1.807, 2.05) is 25.8 Å². The maximum atomic E-state index is 14.8. The molecule has 2 aromatic rings. The molecule has 0 radical (unpaired) electrons. The van der Waals surface area contributed by atoms with E-state index in [1.54, 1.807) is 12.1 Å². The molecule has 1 aromatic carbocycles. The first-order chi connectivity index (χ1) is 18.5. The normalized spacial score (nSPS) is 21.1. The van der Waals surface area contributed by atoms with Crippen LogP contribution in [0.5, 0.6) is 0 Å². The summed E-state index contributed by atoms with van der Waals surface area (Å²) in [5.41, 5.74) is 1.46. The van der Waals surface area contributed by atoms with Gasteiger partial charge in [-0.15, -0.1) is 0 Å². The Balaban J connectivity index is 1.24. The molecule has 1 fully saturated rings. The van der Waals surface area contributed by atoms with E-state index in [1.165, 1.54) is 19.4 Å². The Morgan fingerprint density at radius 3 is 2.51 bits per heavy atom. The fraction of sp³-hybridized carbons (Fsp3) is 0.500. The van der Waals surface area contributed by atoms with Gasteiger partial charge in [-0.25, -0.2) is 18.0 Å². The van der Waals surface area contributed by atoms with E-state index in [0.29, 0.717) is 36.5 Å². The van der Waals surface area contributed by atoms with Crippen molar-refractivity contribution in [3.8, 4) is 0 Å². The van der Waals surface area contributed by atoms with Gasteiger partial charge in [0.15, 0.2) is 17.5 Å². The van der Waals surface area contributed by atoms with Gasteiger partial charge in [-0.2, -0.15) is 5.10 Å². The number of methoxy groups -OCH3 is 1. The van der Waals surface area contributed by atoms with Crippen molar-refractivity contribution < 1.29 is 27.5 Å². The fourth-order valence-electron chi connectivity index (χ4n) is 5.30. The van der Waals surface area contributed by atoms with Gasteiger partial charge in [-0.3, -0.25) is 9.99 Å². The van der Waals surface area contributed by atoms with Crippen molar-refractivity contribution in [1.29, 1.82) is 0 Å². The van der Waals surface area contributed by atoms with E-state index in [-0.39, 0.29) is 17.0 Å². The van der Waals surface area contributed by atoms with Crippen LogP contribution >= 0.6 is 0 Å². The predicted octanol–water partition coefficient (Wildman–Crippen LogP) is 4.38. The van der Waals surface area contributed by atoms with E-state index in [9.17, 15) is 18.0 Å². The molecule has 1 atom stereocenters. The van der Waals surface area contributed by atoms with Gasteiger partial charge in [-0.05, 0) is 45.0 Å². The summed E-state index contributed by atoms with van der Waals surface area (Å²) in [5.74, 6) is -4.52. The summed E-state index contributed by atoms with van der Waals surface area (Å²) in [6.07, 6.45) is 3.55. The van der Waals surface area contributed by atoms with Gasteiger partial charge in [-0.1, -0.05) is 5.16 Å². The average Bonchev–Trinajstić information content (AvgIpc) is 3.53. The molecule has 208 valence electrons. The molecule has 1 spiro atoms. The molecule has 0 amide bonds. The Bertz CT molecular complexity index is 1310. The van der Waals surface area contributed by atoms with Crippen molar-refractivity contribution in [3.05, 3.63) is 64.7 Å². The second-order valence-corrected chi connectivity index (χ2v) is 11.4. The zero-order chi connectivity index (χ0) is 27.9. The highest BCUT2D eigenvalue weighted by Crippen LogP contribution is 2.37. The van der Waals surface area contributed by atoms with E-state index in [4.69, 9.17) is 9.57 Å². The zero-order valence-electron chi connectivity index (χ0n) is 22.5. The molecule has 0 bridgehead atoms. The molecular formula is C28H32F3N5O3. The van der Waals surface area contributed by atoms with Gasteiger partial charge >= 0.3 is 5.97 Å². The summed E-state index contributed by atoms with van der Waals surface area (Å²) in [6, 6.07) is 5.61. The third kappa shape index (κ3) is 5.36. The summed E-state index contributed by atoms with van der Waals surface area (Å²) >= 11 is 0. The molecule has 1 aromatic heterocycles. The van der Waals surface area contributed by atoms with Crippen LogP contribution in [-0.2, 0) is 9.57 Å². The van der Waals surface area contributed by atoms with E-state index >= 15 is 0 Å². The summed E-state index contributed by atoms with van der Waals surface area (Å²) in [6.45, 7) is 8.65. The molecular weight excluding hydrogens is 511 g/mol. The Morgan fingerprint density at radius 2 is 1.87 bits per heavy atom. The standard InChI is InChI=1S/C28H32F3N5O3/c1-27(2,3)36-16-18(25(33-36)19-6-7-20(29)24(31)23(19)30)15-35-11-9-28(10-12-35)13-22(34-39-28)21-8-5-17(14-32-21)26(37)38-4/h5-8,14,18H,9-13,15-16H2,1-4H3. The Labute approximate surface area is 225 Å². The summed E-state index contributed by atoms with van der Waals surface area (Å²) in [4.78, 5) is 24.2. The van der Waals surface area contributed by atoms with Crippen molar-refractivity contribution in [2.24, 2.45) is 16.2 Å². The number of carbonyl (C=O) groups excluding carboxylic acids is 1. The van der Waals surface area contributed by atoms with Crippen LogP contribution in [0.1, 0.15) is 61.6 Å². The maximum absolute atomic E-state index is 14.8. The molecule has 1 saturated heterocycles. The highest BCUT2D eigenvalue weighted by Gasteiger charge is 2.44. The zero-order valence-corrected chi connectivity index (χ0v) is 22.5. The third-order valence-electron chi connectivity index (χ3n) is 7.66. The quantitative estimate of drug-likeness (QED) is 0.412. The van der Waals surface area contributed by atoms with Gasteiger partial charge in [0.2, 0.25) is 0 Å². The van der Waals surface area contributed by atoms with Crippen LogP contribution in [0.25, 0.3) is 0 Å². The molecule has 5 rings (SSSR count). The number of ether oxygens (including phenoxy) is 1. The van der Waals surface area contributed by atoms with Crippen LogP contribution in [0.2, 0.25) is 0 Å². The number of rotatable bonds is 5. The van der Waals surface area contributed by atoms with Crippen molar-refractivity contribution in [1.82, 2.24) is 14.9 Å². The van der Waals surface area contributed by atoms with Gasteiger partial charge in [0.1, 0.15) is 11.3 Å². The number of benzene rings is 1. The first-order valence-electron chi connectivity index (χ1n) is 13.0. The van der Waals surface area contributed by atoms with Crippen LogP contribution in [-0.4, -0.2) is 76.7 Å². The predicted molar refractivity (Wildman–Crippen MR) is 139 cm³/mol. The maximum Gasteiger partial charge on any atom is 0.339 e. The molecule has 1 unspecified atom stereocenters. The second-order valence-electron chi connectivity index (χ2n) is 11.4. The van der Waals surface area contributed by atoms with Crippen LogP contribution < -0.4 is 0 Å². The number of piperidine rings is 1. The molecule has 3 aliphatic heterocycles. The molecule has 0 saturated carbocycles. The topological polar surface area (TPSA) is 79.6 Å². The fourth-order valence-corrected chi connectivity index (χ4v) is 5.30. The number of aromatic nitrogens is 1. The Morgan fingerprint density at radius 1 is 1.13 bits per heavy atom. The summed E-state index contributed by atoms with van der Waals surface area (Å²) in [5, 5.41) is 10.9. The Hall–Kier alpha value is -3.47. The highest BCUT2D eigenvalue weighted by molar-refractivity contribution is 6.03. The minimum absolute atomic E-state index is 0.00187. The molecule has 11 heteroatoms. The second kappa shape index (κ2) is 10.3. The van der Waals surface area contributed by atoms with Gasteiger partial charge in [0.25, 0.3) is 0 Å². The Kier molecular flexibility index (Phi) is 7.13. The molecule has 4 heterocycles. The number of oxime groups is 1. The first-order valence-corrected chi connectivity index (χ1v) is 13.0. The van der Waals surface area contributed by atoms with E-state index in [2.05, 4.69) is 20.1 Å². The summed E-state index contributed by atoms with van der Waals surface area (Å²) in [7, 11) is 1.32. The van der Waals surface area contributed by atoms with Crippen molar-refractivity contribution >= 4 is 17.4 Å². The van der Waals surface area contributed by atoms with E-state index in [0.717, 1.165) is 37.7 Å². The highest BCUT2D eigenvalue weighted by atomic mass is 19.2. The number of pyridine rings is 1. The van der Waals surface area contributed by atoms with Crippen LogP contribution in [0.3, 0.4) is 0 Å². The lowest BCUT2D eigenvalue weighted by molar-refractivity contribution is -0.0625. The number of esters is 1. The van der Waals surface area contributed by atoms with Gasteiger partial charge < -0.3 is 14.5 Å². The monoisotopic (exact) mass is 543 g/mol. The SMILES string of the molecule is COC(=O)c1ccc(C2=NOC3(CCN(CC4CN(C(C)(C)C)N=C4c4ccc(F)c(F)c4F)CC3)C2)nc1. The van der Waals surface area contributed by atoms with Crippen molar-refractivity contribution in [2.75, 3.05) is 33.3 Å². The van der Waals surface area contributed by atoms with Crippen molar-refractivity contribution in [3.63, 3.8) is 0 Å². The van der Waals surface area contributed by atoms with E-state index < -0.39 is 29.0 Å². The molecule has 0 N–H and O–H groups in total. The number of carbonyl (C=O) groups is 1. The molecule has 8 nitrogen and oxygen atoms in total. The first kappa shape index (κ1) is 27.1. The van der Waals surface area contributed by atoms with Gasteiger partial charge in [0, 0.05) is 68.7 Å². The largest absolute Gasteiger partial charge is 0.465 e. The number of hydrogen-bond donors (Lipinski definition) is 0. The minimum atomic E-state index is -1.48. The molecule has 39 heavy (non-hydrogen) atoms. The number of hydrazone groups is 1. The van der Waals surface area contributed by atoms with Crippen LogP contribution in [0.4, 0.5) is 13.2 Å². The number of hydrogen-bond acceptors (Lipinski definition) is 8. The van der Waals surface area contributed by atoms with Crippen LogP contribution in [0.15, 0.2) is 40.7 Å². The number of halogens is 3. The molecule has 3 aliphatic rings. The summed E-state index contributed by atoms with van der Waals surface area (Å²) < 4.78 is 47.2. The smallest absolute Gasteiger partial charge is 0.339 e. The molecule has 0 aliphatic carbocycles. The van der Waals surface area contributed by atoms with Gasteiger partial charge in [0.05, 0.1) is 24.1 Å². The minimum Gasteiger partial charge on any atom is -0.465 e.